The predicted octanol–water partition coefficient (Wildman–Crippen LogP) is 7.85. The van der Waals surface area contributed by atoms with Gasteiger partial charge in [0.25, 0.3) is 0 Å². The maximum Gasteiger partial charge on any atom is 0.159 e. The fraction of sp³-hybridized carbons (Fsp3) is 0.414. The molecule has 32 heavy (non-hydrogen) atoms. The highest BCUT2D eigenvalue weighted by atomic mass is 15.4. The molecule has 2 aromatic carbocycles. The van der Waals surface area contributed by atoms with Crippen molar-refractivity contribution in [2.24, 2.45) is 0 Å². The summed E-state index contributed by atoms with van der Waals surface area (Å²) in [4.78, 5) is 10.4. The molecule has 0 amide bonds. The van der Waals surface area contributed by atoms with Gasteiger partial charge in [0.2, 0.25) is 0 Å². The van der Waals surface area contributed by atoms with Gasteiger partial charge >= 0.3 is 0 Å². The van der Waals surface area contributed by atoms with Gasteiger partial charge in [0.05, 0.1) is 5.69 Å². The normalized spacial score (nSPS) is 19.2. The number of benzene rings is 2. The van der Waals surface area contributed by atoms with Crippen LogP contribution < -0.4 is 9.80 Å². The number of nitrogens with zero attached hydrogens (tertiary/aromatic N) is 3. The first-order valence-corrected chi connectivity index (χ1v) is 12.1. The second-order valence-corrected chi connectivity index (χ2v) is 10.4. The maximum absolute atomic E-state index is 5.31. The molecule has 3 aromatic rings. The standard InChI is InChI=1S/C29H35N3/c1-6-29(7-2)20-19-26-31(21-13-9-8-10-14-21)24-17-18-25(28(3,4)5)30-27(24)32(26)23-16-12-11-15-22(23)29/h8-18,26H,6-7,19-20H2,1-5H3. The molecular weight excluding hydrogens is 390 g/mol. The average Bonchev–Trinajstić information content (AvgIpc) is 3.05. The zero-order valence-electron chi connectivity index (χ0n) is 20.1. The van der Waals surface area contributed by atoms with E-state index in [-0.39, 0.29) is 17.0 Å². The first kappa shape index (κ1) is 21.1. The van der Waals surface area contributed by atoms with Crippen LogP contribution in [-0.4, -0.2) is 11.1 Å². The minimum atomic E-state index is 0.00660. The van der Waals surface area contributed by atoms with Crippen molar-refractivity contribution in [1.82, 2.24) is 4.98 Å². The Balaban J connectivity index is 1.77. The topological polar surface area (TPSA) is 19.4 Å². The van der Waals surface area contributed by atoms with Crippen molar-refractivity contribution < 1.29 is 0 Å². The molecule has 2 aliphatic rings. The van der Waals surface area contributed by atoms with Gasteiger partial charge in [-0.25, -0.2) is 4.98 Å². The Morgan fingerprint density at radius 1 is 0.844 bits per heavy atom. The summed E-state index contributed by atoms with van der Waals surface area (Å²) in [5, 5.41) is 0. The Kier molecular flexibility index (Phi) is 5.03. The van der Waals surface area contributed by atoms with E-state index in [0.29, 0.717) is 0 Å². The summed E-state index contributed by atoms with van der Waals surface area (Å²) in [7, 11) is 0. The van der Waals surface area contributed by atoms with Crippen molar-refractivity contribution in [2.45, 2.75) is 77.3 Å². The number of anilines is 4. The number of hydrogen-bond donors (Lipinski definition) is 0. The molecular formula is C29H35N3. The molecule has 0 radical (unpaired) electrons. The van der Waals surface area contributed by atoms with E-state index in [1.807, 2.05) is 0 Å². The predicted molar refractivity (Wildman–Crippen MR) is 135 cm³/mol. The monoisotopic (exact) mass is 425 g/mol. The van der Waals surface area contributed by atoms with Gasteiger partial charge in [-0.3, -0.25) is 0 Å². The fourth-order valence-electron chi connectivity index (χ4n) is 5.73. The van der Waals surface area contributed by atoms with Gasteiger partial charge in [-0.1, -0.05) is 71.0 Å². The SMILES string of the molecule is CCC1(CC)CCC2N(c3ccccc3)c3ccc(C(C)(C)C)nc3N2c2ccccc21. The lowest BCUT2D eigenvalue weighted by Crippen LogP contribution is -2.37. The molecule has 3 heterocycles. The Bertz CT molecular complexity index is 1110. The van der Waals surface area contributed by atoms with Crippen LogP contribution in [0.5, 0.6) is 0 Å². The van der Waals surface area contributed by atoms with Crippen LogP contribution in [0.2, 0.25) is 0 Å². The van der Waals surface area contributed by atoms with Gasteiger partial charge in [0, 0.05) is 22.5 Å². The highest BCUT2D eigenvalue weighted by molar-refractivity contribution is 5.87. The minimum absolute atomic E-state index is 0.00660. The quantitative estimate of drug-likeness (QED) is 0.426. The van der Waals surface area contributed by atoms with Crippen molar-refractivity contribution in [3.63, 3.8) is 0 Å². The fourth-order valence-corrected chi connectivity index (χ4v) is 5.73. The molecule has 166 valence electrons. The van der Waals surface area contributed by atoms with Crippen LogP contribution in [0.1, 0.15) is 71.6 Å². The largest absolute Gasteiger partial charge is 0.317 e. The molecule has 3 nitrogen and oxygen atoms in total. The lowest BCUT2D eigenvalue weighted by atomic mass is 9.72. The number of pyridine rings is 1. The zero-order chi connectivity index (χ0) is 22.5. The van der Waals surface area contributed by atoms with Gasteiger partial charge in [0.1, 0.15) is 6.17 Å². The minimum Gasteiger partial charge on any atom is -0.317 e. The number of para-hydroxylation sites is 2. The van der Waals surface area contributed by atoms with Gasteiger partial charge in [-0.05, 0) is 67.0 Å². The molecule has 0 aliphatic carbocycles. The first-order chi connectivity index (χ1) is 15.4. The number of aromatic nitrogens is 1. The van der Waals surface area contributed by atoms with Gasteiger partial charge < -0.3 is 9.80 Å². The molecule has 0 N–H and O–H groups in total. The van der Waals surface area contributed by atoms with Crippen LogP contribution in [0, 0.1) is 0 Å². The summed E-state index contributed by atoms with van der Waals surface area (Å²) in [6, 6.07) is 24.4. The Labute approximate surface area is 193 Å². The third-order valence-electron chi connectivity index (χ3n) is 7.71. The lowest BCUT2D eigenvalue weighted by Gasteiger charge is -2.33. The van der Waals surface area contributed by atoms with Crippen LogP contribution in [0.15, 0.2) is 66.7 Å². The zero-order valence-corrected chi connectivity index (χ0v) is 20.1. The van der Waals surface area contributed by atoms with Crippen LogP contribution in [0.4, 0.5) is 22.9 Å². The summed E-state index contributed by atoms with van der Waals surface area (Å²) in [6.45, 7) is 11.5. The number of rotatable bonds is 3. The molecule has 1 unspecified atom stereocenters. The molecule has 1 atom stereocenters. The summed E-state index contributed by atoms with van der Waals surface area (Å²) in [5.74, 6) is 1.10. The number of hydrogen-bond acceptors (Lipinski definition) is 3. The molecule has 0 bridgehead atoms. The molecule has 0 fully saturated rings. The highest BCUT2D eigenvalue weighted by Gasteiger charge is 2.45. The molecule has 0 saturated carbocycles. The van der Waals surface area contributed by atoms with E-state index in [1.165, 1.54) is 29.0 Å². The van der Waals surface area contributed by atoms with E-state index in [0.717, 1.165) is 30.8 Å². The van der Waals surface area contributed by atoms with Gasteiger partial charge in [0.15, 0.2) is 5.82 Å². The summed E-state index contributed by atoms with van der Waals surface area (Å²) < 4.78 is 0. The highest BCUT2D eigenvalue weighted by Crippen LogP contribution is 2.54. The Morgan fingerprint density at radius 2 is 1.53 bits per heavy atom. The van der Waals surface area contributed by atoms with Gasteiger partial charge in [-0.2, -0.15) is 0 Å². The van der Waals surface area contributed by atoms with Crippen molar-refractivity contribution in [3.8, 4) is 0 Å². The van der Waals surface area contributed by atoms with E-state index in [2.05, 4.69) is 111 Å². The average molecular weight is 426 g/mol. The van der Waals surface area contributed by atoms with Crippen molar-refractivity contribution in [3.05, 3.63) is 78.0 Å². The summed E-state index contributed by atoms with van der Waals surface area (Å²) >= 11 is 0. The third-order valence-corrected chi connectivity index (χ3v) is 7.71. The van der Waals surface area contributed by atoms with E-state index >= 15 is 0 Å². The van der Waals surface area contributed by atoms with E-state index < -0.39 is 0 Å². The van der Waals surface area contributed by atoms with Crippen molar-refractivity contribution in [2.75, 3.05) is 9.80 Å². The van der Waals surface area contributed by atoms with E-state index in [9.17, 15) is 0 Å². The van der Waals surface area contributed by atoms with Crippen LogP contribution in [-0.2, 0) is 10.8 Å². The maximum atomic E-state index is 5.31. The van der Waals surface area contributed by atoms with Crippen LogP contribution in [0.3, 0.4) is 0 Å². The van der Waals surface area contributed by atoms with E-state index in [1.54, 1.807) is 0 Å². The van der Waals surface area contributed by atoms with Crippen molar-refractivity contribution in [1.29, 1.82) is 0 Å². The Hall–Kier alpha value is -2.81. The third kappa shape index (κ3) is 3.13. The smallest absolute Gasteiger partial charge is 0.159 e. The molecule has 3 heteroatoms. The summed E-state index contributed by atoms with van der Waals surface area (Å²) in [6.07, 6.45) is 4.84. The molecule has 5 rings (SSSR count). The van der Waals surface area contributed by atoms with Crippen LogP contribution in [0.25, 0.3) is 0 Å². The second kappa shape index (κ2) is 7.65. The molecule has 2 aliphatic heterocycles. The number of fused-ring (bicyclic) bond motifs is 5. The molecule has 0 spiro atoms. The second-order valence-electron chi connectivity index (χ2n) is 10.4. The molecule has 1 aromatic heterocycles. The Morgan fingerprint density at radius 3 is 2.22 bits per heavy atom. The lowest BCUT2D eigenvalue weighted by molar-refractivity contribution is 0.354. The van der Waals surface area contributed by atoms with E-state index in [4.69, 9.17) is 4.98 Å². The van der Waals surface area contributed by atoms with Crippen molar-refractivity contribution >= 4 is 22.9 Å². The first-order valence-electron chi connectivity index (χ1n) is 12.1. The molecule has 0 saturated heterocycles. The van der Waals surface area contributed by atoms with Crippen LogP contribution >= 0.6 is 0 Å². The van der Waals surface area contributed by atoms with Gasteiger partial charge in [-0.15, -0.1) is 0 Å². The summed E-state index contributed by atoms with van der Waals surface area (Å²) in [5.41, 5.74) is 6.63.